The summed E-state index contributed by atoms with van der Waals surface area (Å²) in [5, 5.41) is 2.63. The summed E-state index contributed by atoms with van der Waals surface area (Å²) in [6.45, 7) is 0. The lowest BCUT2D eigenvalue weighted by Gasteiger charge is -2.06. The van der Waals surface area contributed by atoms with E-state index in [4.69, 9.17) is 11.6 Å². The molecular weight excluding hydrogens is 234 g/mol. The molecule has 17 heavy (non-hydrogen) atoms. The molecule has 0 amide bonds. The van der Waals surface area contributed by atoms with Crippen molar-refractivity contribution in [2.24, 2.45) is 0 Å². The van der Waals surface area contributed by atoms with Crippen LogP contribution in [0.4, 0.5) is 0 Å². The van der Waals surface area contributed by atoms with Gasteiger partial charge in [0, 0.05) is 29.5 Å². The number of halogens is 1. The summed E-state index contributed by atoms with van der Waals surface area (Å²) >= 11 is 6.09. The molecule has 0 aliphatic carbocycles. The minimum Gasteiger partial charge on any atom is -0.264 e. The molecule has 1 aromatic carbocycles. The Labute approximate surface area is 103 Å². The third-order valence-electron chi connectivity index (χ3n) is 2.63. The topological polar surface area (TPSA) is 38.7 Å². The van der Waals surface area contributed by atoms with E-state index in [1.807, 2.05) is 30.5 Å². The second kappa shape index (κ2) is 4.11. The molecule has 0 spiro atoms. The van der Waals surface area contributed by atoms with Crippen LogP contribution in [0.2, 0.25) is 5.15 Å². The molecule has 4 heteroatoms. The first-order chi connectivity index (χ1) is 8.36. The number of hydrogen-bond acceptors (Lipinski definition) is 3. The van der Waals surface area contributed by atoms with Crippen molar-refractivity contribution in [1.29, 1.82) is 0 Å². The SMILES string of the molecule is Clc1ncncc1-c1cccc2cnccc12. The predicted octanol–water partition coefficient (Wildman–Crippen LogP) is 3.35. The summed E-state index contributed by atoms with van der Waals surface area (Å²) in [6, 6.07) is 7.97. The molecule has 0 aliphatic rings. The number of benzene rings is 1. The molecule has 0 bridgehead atoms. The van der Waals surface area contributed by atoms with Crippen molar-refractivity contribution in [3.8, 4) is 11.1 Å². The van der Waals surface area contributed by atoms with Gasteiger partial charge in [-0.25, -0.2) is 9.97 Å². The Kier molecular flexibility index (Phi) is 2.46. The minimum atomic E-state index is 0.462. The number of pyridine rings is 1. The van der Waals surface area contributed by atoms with Crippen molar-refractivity contribution >= 4 is 22.4 Å². The zero-order chi connectivity index (χ0) is 11.7. The van der Waals surface area contributed by atoms with E-state index in [9.17, 15) is 0 Å². The fourth-order valence-corrected chi connectivity index (χ4v) is 2.05. The zero-order valence-electron chi connectivity index (χ0n) is 8.84. The van der Waals surface area contributed by atoms with Gasteiger partial charge in [0.2, 0.25) is 0 Å². The van der Waals surface area contributed by atoms with Crippen molar-refractivity contribution < 1.29 is 0 Å². The first-order valence-electron chi connectivity index (χ1n) is 5.15. The number of fused-ring (bicyclic) bond motifs is 1. The van der Waals surface area contributed by atoms with Crippen LogP contribution in [0.15, 0.2) is 49.2 Å². The van der Waals surface area contributed by atoms with Crippen molar-refractivity contribution in [1.82, 2.24) is 15.0 Å². The van der Waals surface area contributed by atoms with Crippen LogP contribution in [0, 0.1) is 0 Å². The van der Waals surface area contributed by atoms with Gasteiger partial charge in [-0.05, 0) is 17.0 Å². The average molecular weight is 242 g/mol. The van der Waals surface area contributed by atoms with Crippen LogP contribution >= 0.6 is 11.6 Å². The van der Waals surface area contributed by atoms with E-state index in [0.717, 1.165) is 21.9 Å². The van der Waals surface area contributed by atoms with Crippen LogP contribution < -0.4 is 0 Å². The van der Waals surface area contributed by atoms with Crippen molar-refractivity contribution in [3.05, 3.63) is 54.3 Å². The number of hydrogen-bond donors (Lipinski definition) is 0. The van der Waals surface area contributed by atoms with Gasteiger partial charge in [0.1, 0.15) is 11.5 Å². The molecule has 2 aromatic heterocycles. The first kappa shape index (κ1) is 10.2. The number of rotatable bonds is 1. The molecule has 0 saturated carbocycles. The molecule has 0 N–H and O–H groups in total. The van der Waals surface area contributed by atoms with Crippen molar-refractivity contribution in [2.75, 3.05) is 0 Å². The van der Waals surface area contributed by atoms with E-state index in [-0.39, 0.29) is 0 Å². The lowest BCUT2D eigenvalue weighted by Crippen LogP contribution is -1.87. The van der Waals surface area contributed by atoms with Gasteiger partial charge in [0.15, 0.2) is 0 Å². The Morgan fingerprint density at radius 3 is 2.76 bits per heavy atom. The van der Waals surface area contributed by atoms with Crippen LogP contribution in [-0.2, 0) is 0 Å². The molecule has 0 aliphatic heterocycles. The smallest absolute Gasteiger partial charge is 0.140 e. The molecule has 3 nitrogen and oxygen atoms in total. The van der Waals surface area contributed by atoms with Crippen LogP contribution in [0.25, 0.3) is 21.9 Å². The van der Waals surface area contributed by atoms with Crippen LogP contribution in [0.1, 0.15) is 0 Å². The third kappa shape index (κ3) is 1.74. The largest absolute Gasteiger partial charge is 0.264 e. The lowest BCUT2D eigenvalue weighted by molar-refractivity contribution is 1.17. The summed E-state index contributed by atoms with van der Waals surface area (Å²) < 4.78 is 0. The Morgan fingerprint density at radius 1 is 0.941 bits per heavy atom. The highest BCUT2D eigenvalue weighted by Crippen LogP contribution is 2.31. The molecule has 3 rings (SSSR count). The van der Waals surface area contributed by atoms with Crippen LogP contribution in [0.3, 0.4) is 0 Å². The second-order valence-corrected chi connectivity index (χ2v) is 3.99. The van der Waals surface area contributed by atoms with Gasteiger partial charge in [-0.1, -0.05) is 29.8 Å². The summed E-state index contributed by atoms with van der Waals surface area (Å²) in [6.07, 6.45) is 6.77. The fraction of sp³-hybridized carbons (Fsp3) is 0. The predicted molar refractivity (Wildman–Crippen MR) is 67.8 cm³/mol. The third-order valence-corrected chi connectivity index (χ3v) is 2.94. The van der Waals surface area contributed by atoms with E-state index in [2.05, 4.69) is 15.0 Å². The molecule has 0 atom stereocenters. The molecule has 2 heterocycles. The van der Waals surface area contributed by atoms with E-state index < -0.39 is 0 Å². The molecule has 0 radical (unpaired) electrons. The summed E-state index contributed by atoms with van der Waals surface area (Å²) in [5.74, 6) is 0. The van der Waals surface area contributed by atoms with Crippen LogP contribution in [-0.4, -0.2) is 15.0 Å². The Morgan fingerprint density at radius 2 is 1.88 bits per heavy atom. The van der Waals surface area contributed by atoms with E-state index in [1.165, 1.54) is 6.33 Å². The molecule has 0 fully saturated rings. The Balaban J connectivity index is 2.35. The minimum absolute atomic E-state index is 0.462. The highest BCUT2D eigenvalue weighted by Gasteiger charge is 2.07. The zero-order valence-corrected chi connectivity index (χ0v) is 9.59. The summed E-state index contributed by atoms with van der Waals surface area (Å²) in [4.78, 5) is 12.1. The van der Waals surface area contributed by atoms with Gasteiger partial charge >= 0.3 is 0 Å². The highest BCUT2D eigenvalue weighted by atomic mass is 35.5. The van der Waals surface area contributed by atoms with Gasteiger partial charge in [0.25, 0.3) is 0 Å². The van der Waals surface area contributed by atoms with E-state index in [0.29, 0.717) is 5.15 Å². The summed E-state index contributed by atoms with van der Waals surface area (Å²) in [7, 11) is 0. The Bertz CT molecular complexity index is 677. The van der Waals surface area contributed by atoms with Gasteiger partial charge < -0.3 is 0 Å². The quantitative estimate of drug-likeness (QED) is 0.614. The number of aromatic nitrogens is 3. The first-order valence-corrected chi connectivity index (χ1v) is 5.52. The highest BCUT2D eigenvalue weighted by molar-refractivity contribution is 6.32. The lowest BCUT2D eigenvalue weighted by atomic mass is 10.0. The van der Waals surface area contributed by atoms with E-state index in [1.54, 1.807) is 12.4 Å². The maximum atomic E-state index is 6.09. The number of nitrogens with zero attached hydrogens (tertiary/aromatic N) is 3. The van der Waals surface area contributed by atoms with Crippen molar-refractivity contribution in [2.45, 2.75) is 0 Å². The Hall–Kier alpha value is -2.00. The van der Waals surface area contributed by atoms with Gasteiger partial charge in [-0.2, -0.15) is 0 Å². The van der Waals surface area contributed by atoms with E-state index >= 15 is 0 Å². The monoisotopic (exact) mass is 241 g/mol. The average Bonchev–Trinajstić information content (AvgIpc) is 2.39. The maximum Gasteiger partial charge on any atom is 0.140 e. The van der Waals surface area contributed by atoms with Gasteiger partial charge in [-0.15, -0.1) is 0 Å². The molecule has 82 valence electrons. The fourth-order valence-electron chi connectivity index (χ4n) is 1.85. The standard InChI is InChI=1S/C13H8ClN3/c14-13-12(7-16-8-17-13)11-3-1-2-9-6-15-5-4-10(9)11/h1-8H. The normalized spacial score (nSPS) is 10.6. The molecular formula is C13H8ClN3. The van der Waals surface area contributed by atoms with Gasteiger partial charge in [0.05, 0.1) is 0 Å². The molecule has 0 saturated heterocycles. The maximum absolute atomic E-state index is 6.09. The summed E-state index contributed by atoms with van der Waals surface area (Å²) in [5.41, 5.74) is 1.86. The second-order valence-electron chi connectivity index (χ2n) is 3.63. The molecule has 3 aromatic rings. The van der Waals surface area contributed by atoms with Crippen molar-refractivity contribution in [3.63, 3.8) is 0 Å². The van der Waals surface area contributed by atoms with Gasteiger partial charge in [-0.3, -0.25) is 4.98 Å². The molecule has 0 unspecified atom stereocenters. The van der Waals surface area contributed by atoms with Crippen LogP contribution in [0.5, 0.6) is 0 Å².